The number of aromatic nitrogens is 2. The molecule has 0 radical (unpaired) electrons. The van der Waals surface area contributed by atoms with Crippen LogP contribution in [-0.4, -0.2) is 22.5 Å². The number of carbonyl (C=O) groups is 1. The van der Waals surface area contributed by atoms with Crippen LogP contribution in [-0.2, 0) is 30.6 Å². The first-order chi connectivity index (χ1) is 12.7. The van der Waals surface area contributed by atoms with Crippen LogP contribution >= 0.6 is 0 Å². The lowest BCUT2D eigenvalue weighted by atomic mass is 9.95. The van der Waals surface area contributed by atoms with Gasteiger partial charge in [-0.15, -0.1) is 0 Å². The minimum atomic E-state index is -0.0719. The lowest BCUT2D eigenvalue weighted by Gasteiger charge is -2.18. The Kier molecular flexibility index (Phi) is 4.87. The predicted molar refractivity (Wildman–Crippen MR) is 99.0 cm³/mol. The number of para-hydroxylation sites is 1. The Morgan fingerprint density at radius 3 is 3.00 bits per heavy atom. The van der Waals surface area contributed by atoms with Gasteiger partial charge in [0.25, 0.3) is 0 Å². The highest BCUT2D eigenvalue weighted by atomic mass is 16.5. The number of hydrogen-bond acceptors (Lipinski definition) is 4. The second kappa shape index (κ2) is 7.44. The first kappa shape index (κ1) is 17.0. The van der Waals surface area contributed by atoms with Crippen molar-refractivity contribution in [2.45, 2.75) is 52.0 Å². The quantitative estimate of drug-likeness (QED) is 0.923. The van der Waals surface area contributed by atoms with Crippen LogP contribution in [0.15, 0.2) is 24.3 Å². The first-order valence-corrected chi connectivity index (χ1v) is 9.54. The molecule has 1 aromatic heterocycles. The lowest BCUT2D eigenvalue weighted by Crippen LogP contribution is -2.32. The molecule has 1 N–H and O–H groups in total. The van der Waals surface area contributed by atoms with E-state index in [1.807, 2.05) is 24.3 Å². The van der Waals surface area contributed by atoms with Crippen LogP contribution in [0.5, 0.6) is 5.75 Å². The van der Waals surface area contributed by atoms with Crippen molar-refractivity contribution in [3.8, 4) is 5.75 Å². The summed E-state index contributed by atoms with van der Waals surface area (Å²) in [4.78, 5) is 22.0. The maximum atomic E-state index is 12.7. The third-order valence-electron chi connectivity index (χ3n) is 5.39. The van der Waals surface area contributed by atoms with E-state index < -0.39 is 0 Å². The summed E-state index contributed by atoms with van der Waals surface area (Å²) in [5.74, 6) is 1.61. The van der Waals surface area contributed by atoms with Crippen molar-refractivity contribution in [1.82, 2.24) is 15.3 Å². The molecule has 1 aromatic carbocycles. The average molecular weight is 351 g/mol. The average Bonchev–Trinajstić information content (AvgIpc) is 2.89. The van der Waals surface area contributed by atoms with E-state index in [9.17, 15) is 4.79 Å². The molecule has 1 amide bonds. The molecule has 2 heterocycles. The zero-order valence-electron chi connectivity index (χ0n) is 15.3. The van der Waals surface area contributed by atoms with Crippen molar-refractivity contribution in [3.63, 3.8) is 0 Å². The van der Waals surface area contributed by atoms with E-state index in [-0.39, 0.29) is 11.8 Å². The maximum absolute atomic E-state index is 12.7. The van der Waals surface area contributed by atoms with Crippen LogP contribution in [0.25, 0.3) is 0 Å². The van der Waals surface area contributed by atoms with E-state index in [0.717, 1.165) is 42.1 Å². The SMILES string of the molecule is Cc1nc(CNC(=O)[C@H]2CCOc3ccccc3C2)nc2c1CCCC2. The van der Waals surface area contributed by atoms with Crippen LogP contribution in [0, 0.1) is 12.8 Å². The van der Waals surface area contributed by atoms with Crippen LogP contribution in [0.2, 0.25) is 0 Å². The number of rotatable bonds is 3. The highest BCUT2D eigenvalue weighted by molar-refractivity contribution is 5.79. The van der Waals surface area contributed by atoms with Gasteiger partial charge in [0.15, 0.2) is 0 Å². The lowest BCUT2D eigenvalue weighted by molar-refractivity contribution is -0.125. The van der Waals surface area contributed by atoms with Gasteiger partial charge in [0.05, 0.1) is 13.2 Å². The van der Waals surface area contributed by atoms with Gasteiger partial charge in [0.1, 0.15) is 11.6 Å². The molecule has 2 aromatic rings. The summed E-state index contributed by atoms with van der Waals surface area (Å²) in [5, 5.41) is 3.04. The molecule has 0 saturated heterocycles. The second-order valence-corrected chi connectivity index (χ2v) is 7.22. The van der Waals surface area contributed by atoms with Gasteiger partial charge < -0.3 is 10.1 Å². The fourth-order valence-corrected chi connectivity index (χ4v) is 3.95. The molecular formula is C21H25N3O2. The monoisotopic (exact) mass is 351 g/mol. The number of ether oxygens (including phenoxy) is 1. The van der Waals surface area contributed by atoms with Crippen molar-refractivity contribution in [1.29, 1.82) is 0 Å². The van der Waals surface area contributed by atoms with E-state index in [1.165, 1.54) is 24.1 Å². The van der Waals surface area contributed by atoms with Crippen LogP contribution in [0.1, 0.15) is 47.6 Å². The van der Waals surface area contributed by atoms with Crippen molar-refractivity contribution in [2.24, 2.45) is 5.92 Å². The van der Waals surface area contributed by atoms with Crippen molar-refractivity contribution in [2.75, 3.05) is 6.61 Å². The molecular weight excluding hydrogens is 326 g/mol. The second-order valence-electron chi connectivity index (χ2n) is 7.22. The number of hydrogen-bond donors (Lipinski definition) is 1. The topological polar surface area (TPSA) is 64.1 Å². The molecule has 2 aliphatic rings. The molecule has 0 unspecified atom stereocenters. The molecule has 5 nitrogen and oxygen atoms in total. The fraction of sp³-hybridized carbons (Fsp3) is 0.476. The molecule has 0 spiro atoms. The van der Waals surface area contributed by atoms with Gasteiger partial charge >= 0.3 is 0 Å². The minimum absolute atomic E-state index is 0.0595. The first-order valence-electron chi connectivity index (χ1n) is 9.54. The van der Waals surface area contributed by atoms with Crippen LogP contribution < -0.4 is 10.1 Å². The molecule has 1 aliphatic heterocycles. The smallest absolute Gasteiger partial charge is 0.223 e. The standard InChI is InChI=1S/C21H25N3O2/c1-14-17-7-3-4-8-18(17)24-20(23-14)13-22-21(25)16-10-11-26-19-9-5-2-6-15(19)12-16/h2,5-6,9,16H,3-4,7-8,10-13H2,1H3,(H,22,25)/t16-/m0/s1. The van der Waals surface area contributed by atoms with Gasteiger partial charge in [0, 0.05) is 17.3 Å². The van der Waals surface area contributed by atoms with Crippen molar-refractivity contribution < 1.29 is 9.53 Å². The Balaban J connectivity index is 1.42. The zero-order chi connectivity index (χ0) is 17.9. The normalized spacial score (nSPS) is 18.9. The summed E-state index contributed by atoms with van der Waals surface area (Å²) in [6.07, 6.45) is 5.96. The van der Waals surface area contributed by atoms with E-state index in [4.69, 9.17) is 9.72 Å². The summed E-state index contributed by atoms with van der Waals surface area (Å²) in [6.45, 7) is 3.02. The van der Waals surface area contributed by atoms with E-state index in [2.05, 4.69) is 17.2 Å². The summed E-state index contributed by atoms with van der Waals surface area (Å²) in [6, 6.07) is 7.97. The van der Waals surface area contributed by atoms with Gasteiger partial charge in [-0.05, 0) is 62.6 Å². The number of nitrogens with one attached hydrogen (secondary N) is 1. The number of fused-ring (bicyclic) bond motifs is 2. The third-order valence-corrected chi connectivity index (χ3v) is 5.39. The molecule has 0 saturated carbocycles. The summed E-state index contributed by atoms with van der Waals surface area (Å²) < 4.78 is 5.76. The molecule has 4 rings (SSSR count). The van der Waals surface area contributed by atoms with Crippen LogP contribution in [0.3, 0.4) is 0 Å². The number of nitrogens with zero attached hydrogens (tertiary/aromatic N) is 2. The summed E-state index contributed by atoms with van der Waals surface area (Å²) >= 11 is 0. The Labute approximate surface area is 154 Å². The Morgan fingerprint density at radius 2 is 2.08 bits per heavy atom. The Morgan fingerprint density at radius 1 is 1.23 bits per heavy atom. The van der Waals surface area contributed by atoms with Crippen molar-refractivity contribution in [3.05, 3.63) is 52.6 Å². The largest absolute Gasteiger partial charge is 0.493 e. The predicted octanol–water partition coefficient (Wildman–Crippen LogP) is 2.92. The maximum Gasteiger partial charge on any atom is 0.223 e. The number of amides is 1. The van der Waals surface area contributed by atoms with Gasteiger partial charge in [-0.3, -0.25) is 4.79 Å². The molecule has 1 aliphatic carbocycles. The zero-order valence-corrected chi connectivity index (χ0v) is 15.3. The molecule has 0 bridgehead atoms. The minimum Gasteiger partial charge on any atom is -0.493 e. The molecule has 5 heteroatoms. The summed E-state index contributed by atoms with van der Waals surface area (Å²) in [7, 11) is 0. The molecule has 0 fully saturated rings. The molecule has 26 heavy (non-hydrogen) atoms. The Bertz CT molecular complexity index is 819. The van der Waals surface area contributed by atoms with Gasteiger partial charge in [0.2, 0.25) is 5.91 Å². The van der Waals surface area contributed by atoms with E-state index in [1.54, 1.807) is 0 Å². The number of benzene rings is 1. The van der Waals surface area contributed by atoms with Crippen molar-refractivity contribution >= 4 is 5.91 Å². The number of aryl methyl sites for hydroxylation is 2. The molecule has 1 atom stereocenters. The van der Waals surface area contributed by atoms with E-state index >= 15 is 0 Å². The Hall–Kier alpha value is -2.43. The highest BCUT2D eigenvalue weighted by Gasteiger charge is 2.24. The molecule has 136 valence electrons. The number of carbonyl (C=O) groups excluding carboxylic acids is 1. The summed E-state index contributed by atoms with van der Waals surface area (Å²) in [5.41, 5.74) is 4.65. The van der Waals surface area contributed by atoms with Crippen LogP contribution in [0.4, 0.5) is 0 Å². The fourth-order valence-electron chi connectivity index (χ4n) is 3.95. The van der Waals surface area contributed by atoms with Gasteiger partial charge in [-0.1, -0.05) is 18.2 Å². The van der Waals surface area contributed by atoms with E-state index in [0.29, 0.717) is 19.6 Å². The van der Waals surface area contributed by atoms with Gasteiger partial charge in [-0.25, -0.2) is 9.97 Å². The highest BCUT2D eigenvalue weighted by Crippen LogP contribution is 2.27. The third kappa shape index (κ3) is 3.57. The van der Waals surface area contributed by atoms with Gasteiger partial charge in [-0.2, -0.15) is 0 Å².